The van der Waals surface area contributed by atoms with Crippen LogP contribution in [0.3, 0.4) is 0 Å². The summed E-state index contributed by atoms with van der Waals surface area (Å²) in [5.41, 5.74) is -1.74. The summed E-state index contributed by atoms with van der Waals surface area (Å²) in [5.74, 6) is -2.28. The minimum absolute atomic E-state index is 0.0984. The number of carboxylic acid groups (broad SMARTS) is 1. The van der Waals surface area contributed by atoms with Gasteiger partial charge in [0.2, 0.25) is 17.3 Å². The predicted molar refractivity (Wildman–Crippen MR) is 143 cm³/mol. The van der Waals surface area contributed by atoms with Gasteiger partial charge in [0.15, 0.2) is 23.2 Å². The maximum atomic E-state index is 13.4. The van der Waals surface area contributed by atoms with Crippen molar-refractivity contribution in [1.82, 2.24) is 25.2 Å². The van der Waals surface area contributed by atoms with Crippen molar-refractivity contribution in [3.05, 3.63) is 57.8 Å². The van der Waals surface area contributed by atoms with Gasteiger partial charge >= 0.3 is 5.97 Å². The lowest BCUT2D eigenvalue weighted by Crippen LogP contribution is -2.80. The van der Waals surface area contributed by atoms with Crippen molar-refractivity contribution in [3.8, 4) is 17.2 Å². The van der Waals surface area contributed by atoms with Crippen LogP contribution in [0.5, 0.6) is 17.2 Å². The molecule has 3 aromatic rings. The zero-order chi connectivity index (χ0) is 28.8. The van der Waals surface area contributed by atoms with Gasteiger partial charge in [-0.25, -0.2) is 5.01 Å². The fraction of sp³-hybridized carbons (Fsp3) is 0.304. The molecule has 3 heterocycles. The molecule has 2 aliphatic heterocycles. The first-order valence-electron chi connectivity index (χ1n) is 11.5. The van der Waals surface area contributed by atoms with Crippen LogP contribution in [0.25, 0.3) is 0 Å². The van der Waals surface area contributed by atoms with Crippen LogP contribution in [0.4, 0.5) is 0 Å². The van der Waals surface area contributed by atoms with Crippen LogP contribution >= 0.6 is 34.8 Å². The van der Waals surface area contributed by atoms with Gasteiger partial charge in [-0.2, -0.15) is 0 Å². The lowest BCUT2D eigenvalue weighted by Gasteiger charge is -2.54. The average molecular weight is 630 g/mol. The fourth-order valence-corrected chi connectivity index (χ4v) is 7.09. The van der Waals surface area contributed by atoms with Crippen molar-refractivity contribution < 1.29 is 33.5 Å². The zero-order valence-corrected chi connectivity index (χ0v) is 23.5. The molecule has 0 spiro atoms. The maximum Gasteiger partial charge on any atom is 0.319 e. The van der Waals surface area contributed by atoms with Crippen LogP contribution < -0.4 is 14.5 Å². The highest BCUT2D eigenvalue weighted by Gasteiger charge is 2.66. The van der Waals surface area contributed by atoms with Gasteiger partial charge in [-0.15, -0.1) is 9.89 Å². The summed E-state index contributed by atoms with van der Waals surface area (Å²) < 4.78 is 25.2. The number of tetrazole rings is 1. The van der Waals surface area contributed by atoms with Crippen molar-refractivity contribution in [2.24, 2.45) is 5.41 Å². The van der Waals surface area contributed by atoms with Crippen LogP contribution in [0.1, 0.15) is 6.92 Å². The molecular formula is C23H19Cl3N6O7S. The molecule has 210 valence electrons. The average Bonchev–Trinajstić information content (AvgIpc) is 3.42. The molecule has 0 aliphatic carbocycles. The molecule has 2 aromatic carbocycles. The molecule has 17 heteroatoms. The molecule has 40 heavy (non-hydrogen) atoms. The summed E-state index contributed by atoms with van der Waals surface area (Å²) in [4.78, 5) is 40.1. The van der Waals surface area contributed by atoms with Gasteiger partial charge in [0.05, 0.1) is 5.02 Å². The number of carboxylic acids is 1. The van der Waals surface area contributed by atoms with Gasteiger partial charge in [-0.05, 0) is 51.9 Å². The number of carbonyl (C=O) groups excluding carboxylic acids is 2. The topological polar surface area (TPSA) is 163 Å². The summed E-state index contributed by atoms with van der Waals surface area (Å²) in [6, 6.07) is 7.96. The molecule has 0 bridgehead atoms. The van der Waals surface area contributed by atoms with Crippen LogP contribution in [-0.2, 0) is 25.6 Å². The first kappa shape index (κ1) is 28.2. The van der Waals surface area contributed by atoms with Crippen molar-refractivity contribution in [2.45, 2.75) is 18.3 Å². The standard InChI is InChI=1S/C23H19Cl3N6O7S/c1-12(33)32(31-11-27-28-29-31)19-20(34)30-8-23(22(35)36,10-40(37)21(19)30)9-38-18-7-14(25)3-5-17(18)39-16-4-2-13(24)6-15(16)26/h2-7,11,19,21H,8-10H2,1H3,(H,35,36)/t19?,21-,23?,40?/m1/s1. The third-order valence-corrected chi connectivity index (χ3v) is 9.05. The Labute approximate surface area is 244 Å². The maximum absolute atomic E-state index is 13.4. The molecule has 5 rings (SSSR count). The molecule has 1 aromatic heterocycles. The highest BCUT2D eigenvalue weighted by atomic mass is 35.5. The highest BCUT2D eigenvalue weighted by molar-refractivity contribution is 7.92. The lowest BCUT2D eigenvalue weighted by molar-refractivity contribution is -0.160. The molecule has 4 atom stereocenters. The summed E-state index contributed by atoms with van der Waals surface area (Å²) in [5, 5.41) is 21.8. The van der Waals surface area contributed by atoms with Crippen molar-refractivity contribution in [1.29, 1.82) is 0 Å². The summed E-state index contributed by atoms with van der Waals surface area (Å²) in [6.45, 7) is 0.430. The third kappa shape index (κ3) is 5.12. The first-order chi connectivity index (χ1) is 19.0. The van der Waals surface area contributed by atoms with Gasteiger partial charge in [-0.3, -0.25) is 19.3 Å². The summed E-state index contributed by atoms with van der Waals surface area (Å²) in [6.07, 6.45) is 1.13. The van der Waals surface area contributed by atoms with Gasteiger partial charge < -0.3 is 19.1 Å². The van der Waals surface area contributed by atoms with Crippen molar-refractivity contribution in [3.63, 3.8) is 0 Å². The quantitative estimate of drug-likeness (QED) is 0.289. The number of hydrogen-bond donors (Lipinski definition) is 1. The smallest absolute Gasteiger partial charge is 0.319 e. The van der Waals surface area contributed by atoms with E-state index in [1.165, 1.54) is 30.0 Å². The van der Waals surface area contributed by atoms with E-state index in [1.807, 2.05) is 0 Å². The zero-order valence-electron chi connectivity index (χ0n) is 20.4. The largest absolute Gasteiger partial charge is 0.615 e. The normalized spacial score (nSPS) is 23.7. The highest BCUT2D eigenvalue weighted by Crippen LogP contribution is 2.42. The third-order valence-electron chi connectivity index (χ3n) is 6.40. The van der Waals surface area contributed by atoms with Gasteiger partial charge in [0.25, 0.3) is 5.91 Å². The van der Waals surface area contributed by atoms with E-state index < -0.39 is 52.4 Å². The molecule has 2 amide bonds. The molecule has 13 nitrogen and oxygen atoms in total. The van der Waals surface area contributed by atoms with Gasteiger partial charge in [0.1, 0.15) is 18.1 Å². The second-order valence-corrected chi connectivity index (χ2v) is 11.9. The van der Waals surface area contributed by atoms with Crippen LogP contribution in [0.2, 0.25) is 15.1 Å². The molecule has 2 fully saturated rings. The predicted octanol–water partition coefficient (Wildman–Crippen LogP) is 2.36. The second kappa shape index (κ2) is 10.9. The Bertz CT molecular complexity index is 1480. The molecule has 0 radical (unpaired) electrons. The van der Waals surface area contributed by atoms with E-state index in [1.54, 1.807) is 18.2 Å². The van der Waals surface area contributed by atoms with Gasteiger partial charge in [0, 0.05) is 29.6 Å². The van der Waals surface area contributed by atoms with E-state index in [4.69, 9.17) is 44.3 Å². The van der Waals surface area contributed by atoms with E-state index >= 15 is 0 Å². The minimum Gasteiger partial charge on any atom is -0.615 e. The van der Waals surface area contributed by atoms with Crippen molar-refractivity contribution >= 4 is 63.8 Å². The van der Waals surface area contributed by atoms with Crippen molar-refractivity contribution in [2.75, 3.05) is 23.9 Å². The number of nitrogens with zero attached hydrogens (tertiary/aromatic N) is 6. The SMILES string of the molecule is CC(=O)N(C1C(=O)N2CC(COc3cc(Cl)ccc3Oc3ccc(Cl)cc3Cl)(C(=O)O)C[S+]([O-])[C@H]12)n1cnnn1. The van der Waals surface area contributed by atoms with Gasteiger partial charge in [-0.1, -0.05) is 34.8 Å². The second-order valence-electron chi connectivity index (χ2n) is 9.06. The minimum atomic E-state index is -1.89. The number of ether oxygens (including phenoxy) is 2. The van der Waals surface area contributed by atoms with E-state index in [0.29, 0.717) is 5.02 Å². The fourth-order valence-electron chi connectivity index (χ4n) is 4.49. The van der Waals surface area contributed by atoms with Crippen LogP contribution in [0, 0.1) is 5.41 Å². The number of halogens is 3. The number of fused-ring (bicyclic) bond motifs is 1. The number of benzene rings is 2. The lowest BCUT2D eigenvalue weighted by atomic mass is 9.88. The molecule has 2 aliphatic rings. The molecule has 1 N–H and O–H groups in total. The number of hydrogen-bond acceptors (Lipinski definition) is 9. The molecule has 3 unspecified atom stereocenters. The summed E-state index contributed by atoms with van der Waals surface area (Å²) in [7, 11) is 0. The Hall–Kier alpha value is -3.30. The number of rotatable bonds is 8. The Balaban J connectivity index is 1.37. The number of amides is 2. The molecule has 2 saturated heterocycles. The number of aliphatic carboxylic acids is 1. The van der Waals surface area contributed by atoms with E-state index in [0.717, 1.165) is 16.1 Å². The Morgan fingerprint density at radius 3 is 2.50 bits per heavy atom. The Morgan fingerprint density at radius 1 is 1.18 bits per heavy atom. The van der Waals surface area contributed by atoms with E-state index in [9.17, 15) is 24.0 Å². The number of carbonyl (C=O) groups is 3. The number of aromatic nitrogens is 4. The number of β-lactam (4-membered cyclic amide) rings is 1. The van der Waals surface area contributed by atoms with Crippen LogP contribution in [0.15, 0.2) is 42.7 Å². The Kier molecular flexibility index (Phi) is 7.72. The monoisotopic (exact) mass is 628 g/mol. The first-order valence-corrected chi connectivity index (χ1v) is 14.0. The Morgan fingerprint density at radius 2 is 1.88 bits per heavy atom. The molecular weight excluding hydrogens is 611 g/mol. The van der Waals surface area contributed by atoms with E-state index in [-0.39, 0.29) is 39.6 Å². The van der Waals surface area contributed by atoms with E-state index in [2.05, 4.69) is 15.5 Å². The van der Waals surface area contributed by atoms with Crippen LogP contribution in [-0.4, -0.2) is 83.0 Å². The summed E-state index contributed by atoms with van der Waals surface area (Å²) >= 11 is 16.4. The molecule has 0 saturated carbocycles.